The minimum Gasteiger partial charge on any atom is -0.463 e. The normalized spacial score (nSPS) is 20.7. The molecule has 3 aliphatic heterocycles. The number of nitrogens with zero attached hydrogens (tertiary/aromatic N) is 3. The summed E-state index contributed by atoms with van der Waals surface area (Å²) in [5.74, 6) is -3.20. The number of pyridine rings is 1. The van der Waals surface area contributed by atoms with E-state index in [1.54, 1.807) is 19.1 Å². The van der Waals surface area contributed by atoms with Crippen LogP contribution in [-0.4, -0.2) is 61.6 Å². The number of esters is 2. The molecule has 0 N–H and O–H groups in total. The van der Waals surface area contributed by atoms with E-state index in [4.69, 9.17) is 18.9 Å². The van der Waals surface area contributed by atoms with Crippen LogP contribution in [0, 0.1) is 18.3 Å². The van der Waals surface area contributed by atoms with Gasteiger partial charge in [0.25, 0.3) is 5.56 Å². The summed E-state index contributed by atoms with van der Waals surface area (Å²) in [6.45, 7) is 4.24. The molecule has 5 rings (SSSR count). The summed E-state index contributed by atoms with van der Waals surface area (Å²) < 4.78 is 51.5. The topological polar surface area (TPSA) is 154 Å². The third-order valence-corrected chi connectivity index (χ3v) is 9.29. The van der Waals surface area contributed by atoms with Gasteiger partial charge in [0.05, 0.1) is 30.4 Å². The molecule has 1 aromatic heterocycles. The molecule has 4 heterocycles. The van der Waals surface area contributed by atoms with Crippen molar-refractivity contribution in [1.82, 2.24) is 8.87 Å². The molecule has 0 bridgehead atoms. The SMILES string of the molecule is CCOC(=O)[C@@H](OC(=O)[C@H]1CCCN1S(=O)(=O)c1ccc(C)cc1)c1cc2n(c(=O)c1C#N)CCC21OCCO1. The highest BCUT2D eigenvalue weighted by Crippen LogP contribution is 2.41. The Morgan fingerprint density at radius 1 is 1.20 bits per heavy atom. The monoisotopic (exact) mass is 571 g/mol. The minimum atomic E-state index is -4.05. The fraction of sp³-hybridized carbons (Fsp3) is 0.481. The van der Waals surface area contributed by atoms with Crippen LogP contribution in [0.25, 0.3) is 0 Å². The second-order valence-corrected chi connectivity index (χ2v) is 11.7. The van der Waals surface area contributed by atoms with Crippen molar-refractivity contribution in [3.8, 4) is 6.07 Å². The van der Waals surface area contributed by atoms with Crippen LogP contribution in [0.5, 0.6) is 0 Å². The molecular formula is C27H29N3O9S. The summed E-state index contributed by atoms with van der Waals surface area (Å²) in [6, 6.07) is 8.28. The summed E-state index contributed by atoms with van der Waals surface area (Å²) in [4.78, 5) is 39.9. The Bertz CT molecular complexity index is 1540. The van der Waals surface area contributed by atoms with E-state index in [1.807, 2.05) is 13.0 Å². The Labute approximate surface area is 231 Å². The van der Waals surface area contributed by atoms with E-state index in [0.717, 1.165) is 9.87 Å². The number of nitriles is 1. The van der Waals surface area contributed by atoms with Gasteiger partial charge in [-0.2, -0.15) is 9.57 Å². The summed E-state index contributed by atoms with van der Waals surface area (Å²) in [5.41, 5.74) is -0.0565. The van der Waals surface area contributed by atoms with Gasteiger partial charge in [-0.05, 0) is 44.9 Å². The van der Waals surface area contributed by atoms with Gasteiger partial charge in [-0.25, -0.2) is 13.2 Å². The van der Waals surface area contributed by atoms with Crippen LogP contribution in [0.4, 0.5) is 0 Å². The fourth-order valence-corrected chi connectivity index (χ4v) is 7.06. The van der Waals surface area contributed by atoms with Gasteiger partial charge in [0.15, 0.2) is 0 Å². The van der Waals surface area contributed by atoms with Crippen molar-refractivity contribution in [3.63, 3.8) is 0 Å². The van der Waals surface area contributed by atoms with Crippen molar-refractivity contribution in [3.05, 3.63) is 63.1 Å². The number of aryl methyl sites for hydroxylation is 1. The maximum atomic E-state index is 13.5. The third kappa shape index (κ3) is 4.71. The average Bonchev–Trinajstić information content (AvgIpc) is 3.69. The van der Waals surface area contributed by atoms with Crippen molar-refractivity contribution in [1.29, 1.82) is 5.26 Å². The van der Waals surface area contributed by atoms with Gasteiger partial charge >= 0.3 is 11.9 Å². The molecular weight excluding hydrogens is 542 g/mol. The molecule has 1 spiro atoms. The van der Waals surface area contributed by atoms with Gasteiger partial charge in [-0.1, -0.05) is 17.7 Å². The zero-order valence-corrected chi connectivity index (χ0v) is 22.9. The quantitative estimate of drug-likeness (QED) is 0.448. The Morgan fingerprint density at radius 2 is 1.90 bits per heavy atom. The predicted molar refractivity (Wildman–Crippen MR) is 137 cm³/mol. The maximum absolute atomic E-state index is 13.5. The molecule has 13 heteroatoms. The molecule has 0 aliphatic carbocycles. The smallest absolute Gasteiger partial charge is 0.352 e. The number of sulfonamides is 1. The van der Waals surface area contributed by atoms with Gasteiger partial charge in [0.2, 0.25) is 21.9 Å². The van der Waals surface area contributed by atoms with E-state index in [9.17, 15) is 28.1 Å². The number of rotatable bonds is 7. The third-order valence-electron chi connectivity index (χ3n) is 7.37. The maximum Gasteiger partial charge on any atom is 0.352 e. The van der Waals surface area contributed by atoms with Crippen LogP contribution in [0.15, 0.2) is 40.0 Å². The molecule has 1 aromatic carbocycles. The molecule has 0 radical (unpaired) electrons. The lowest BCUT2D eigenvalue weighted by Gasteiger charge is -2.26. The van der Waals surface area contributed by atoms with Crippen molar-refractivity contribution < 1.29 is 37.0 Å². The molecule has 2 saturated heterocycles. The van der Waals surface area contributed by atoms with Crippen LogP contribution in [0.2, 0.25) is 0 Å². The van der Waals surface area contributed by atoms with E-state index in [1.165, 1.54) is 22.8 Å². The molecule has 2 atom stereocenters. The number of fused-ring (bicyclic) bond motifs is 2. The standard InChI is InChI=1S/C27H29N3O9S/c1-3-36-26(33)23(19-15-22-27(37-13-14-38-27)10-12-29(22)24(31)20(19)16-28)39-25(32)21-5-4-11-30(21)40(34,35)18-8-6-17(2)7-9-18/h6-9,15,21,23H,3-5,10-14H2,1-2H3/t21-,23+/m1/s1. The van der Waals surface area contributed by atoms with Gasteiger partial charge in [0, 0.05) is 25.1 Å². The first kappa shape index (κ1) is 28.0. The molecule has 212 valence electrons. The average molecular weight is 572 g/mol. The van der Waals surface area contributed by atoms with E-state index < -0.39 is 45.5 Å². The first-order valence-corrected chi connectivity index (χ1v) is 14.5. The number of carbonyl (C=O) groups is 2. The van der Waals surface area contributed by atoms with Gasteiger partial charge in [-0.3, -0.25) is 9.59 Å². The summed E-state index contributed by atoms with van der Waals surface area (Å²) in [5, 5.41) is 9.88. The van der Waals surface area contributed by atoms with Crippen LogP contribution >= 0.6 is 0 Å². The molecule has 40 heavy (non-hydrogen) atoms. The Balaban J connectivity index is 1.51. The lowest BCUT2D eigenvalue weighted by Crippen LogP contribution is -2.42. The number of hydrogen-bond donors (Lipinski definition) is 0. The number of hydrogen-bond acceptors (Lipinski definition) is 10. The van der Waals surface area contributed by atoms with Crippen molar-refractivity contribution in [2.45, 2.75) is 62.5 Å². The van der Waals surface area contributed by atoms with Crippen LogP contribution in [0.1, 0.15) is 54.7 Å². The molecule has 0 unspecified atom stereocenters. The first-order valence-electron chi connectivity index (χ1n) is 13.0. The highest BCUT2D eigenvalue weighted by molar-refractivity contribution is 7.89. The largest absolute Gasteiger partial charge is 0.463 e. The van der Waals surface area contributed by atoms with E-state index in [-0.39, 0.29) is 42.1 Å². The molecule has 2 fully saturated rings. The second-order valence-electron chi connectivity index (χ2n) is 9.78. The van der Waals surface area contributed by atoms with Gasteiger partial charge in [0.1, 0.15) is 17.7 Å². The predicted octanol–water partition coefficient (Wildman–Crippen LogP) is 1.63. The fourth-order valence-electron chi connectivity index (χ4n) is 5.42. The summed E-state index contributed by atoms with van der Waals surface area (Å²) in [6.07, 6.45) is -0.893. The van der Waals surface area contributed by atoms with Crippen LogP contribution < -0.4 is 5.56 Å². The number of ether oxygens (including phenoxy) is 4. The van der Waals surface area contributed by atoms with Gasteiger partial charge in [-0.15, -0.1) is 0 Å². The number of aromatic nitrogens is 1. The Kier molecular flexibility index (Phi) is 7.54. The summed E-state index contributed by atoms with van der Waals surface area (Å²) in [7, 11) is -4.05. The molecule has 0 amide bonds. The highest BCUT2D eigenvalue weighted by Gasteiger charge is 2.48. The lowest BCUT2D eigenvalue weighted by atomic mass is 10.0. The number of carbonyl (C=O) groups excluding carboxylic acids is 2. The number of benzene rings is 1. The van der Waals surface area contributed by atoms with Crippen molar-refractivity contribution in [2.75, 3.05) is 26.4 Å². The van der Waals surface area contributed by atoms with E-state index >= 15 is 0 Å². The zero-order valence-electron chi connectivity index (χ0n) is 22.1. The zero-order chi connectivity index (χ0) is 28.7. The lowest BCUT2D eigenvalue weighted by molar-refractivity contribution is -0.170. The Morgan fingerprint density at radius 3 is 2.55 bits per heavy atom. The van der Waals surface area contributed by atoms with E-state index in [2.05, 4.69) is 0 Å². The second kappa shape index (κ2) is 10.8. The molecule has 3 aliphatic rings. The van der Waals surface area contributed by atoms with Crippen LogP contribution in [0.3, 0.4) is 0 Å². The molecule has 12 nitrogen and oxygen atoms in total. The Hall–Kier alpha value is -3.57. The summed E-state index contributed by atoms with van der Waals surface area (Å²) >= 11 is 0. The van der Waals surface area contributed by atoms with Crippen LogP contribution in [-0.2, 0) is 50.9 Å². The van der Waals surface area contributed by atoms with Crippen molar-refractivity contribution in [2.24, 2.45) is 0 Å². The van der Waals surface area contributed by atoms with Gasteiger partial charge < -0.3 is 23.5 Å². The first-order chi connectivity index (χ1) is 19.1. The molecule has 0 saturated carbocycles. The highest BCUT2D eigenvalue weighted by atomic mass is 32.2. The van der Waals surface area contributed by atoms with E-state index in [0.29, 0.717) is 31.7 Å². The minimum absolute atomic E-state index is 0.0278. The molecule has 2 aromatic rings. The van der Waals surface area contributed by atoms with Crippen molar-refractivity contribution >= 4 is 22.0 Å².